The maximum Gasteiger partial charge on any atom is 0.159 e. The molecule has 2 aromatic heterocycles. The van der Waals surface area contributed by atoms with E-state index in [1.165, 1.54) is 22.3 Å². The number of furan rings is 2. The number of hydrogen-bond acceptors (Lipinski definition) is 3. The minimum Gasteiger partial charge on any atom is -0.455 e. The van der Waals surface area contributed by atoms with E-state index in [4.69, 9.17) is 8.83 Å². The van der Waals surface area contributed by atoms with Crippen molar-refractivity contribution < 1.29 is 8.83 Å². The van der Waals surface area contributed by atoms with E-state index >= 15 is 0 Å². The van der Waals surface area contributed by atoms with Crippen LogP contribution >= 0.6 is 0 Å². The number of anilines is 3. The topological polar surface area (TPSA) is 29.5 Å². The Morgan fingerprint density at radius 3 is 1.47 bits per heavy atom. The van der Waals surface area contributed by atoms with E-state index in [-0.39, 0.29) is 0 Å². The fraction of sp³-hybridized carbons (Fsp3) is 0. The molecular formula is C48H31NO2. The van der Waals surface area contributed by atoms with E-state index in [2.05, 4.69) is 181 Å². The molecule has 0 fully saturated rings. The molecule has 10 rings (SSSR count). The summed E-state index contributed by atoms with van der Waals surface area (Å²) in [6, 6.07) is 66.1. The Balaban J connectivity index is 1.12. The van der Waals surface area contributed by atoms with E-state index < -0.39 is 0 Å². The van der Waals surface area contributed by atoms with Crippen LogP contribution in [0.3, 0.4) is 0 Å². The van der Waals surface area contributed by atoms with Gasteiger partial charge in [0, 0.05) is 38.5 Å². The van der Waals surface area contributed by atoms with E-state index in [9.17, 15) is 0 Å². The molecule has 0 radical (unpaired) electrons. The van der Waals surface area contributed by atoms with Crippen LogP contribution in [0.1, 0.15) is 0 Å². The fourth-order valence-corrected chi connectivity index (χ4v) is 7.40. The zero-order valence-corrected chi connectivity index (χ0v) is 27.7. The molecule has 0 amide bonds. The van der Waals surface area contributed by atoms with Crippen molar-refractivity contribution in [2.75, 3.05) is 4.90 Å². The van der Waals surface area contributed by atoms with Crippen LogP contribution in [0.5, 0.6) is 0 Å². The van der Waals surface area contributed by atoms with Crippen molar-refractivity contribution in [3.8, 4) is 33.4 Å². The molecule has 0 unspecified atom stereocenters. The number of hydrogen-bond donors (Lipinski definition) is 0. The van der Waals surface area contributed by atoms with Gasteiger partial charge in [-0.3, -0.25) is 0 Å². The first-order chi connectivity index (χ1) is 25.3. The average Bonchev–Trinajstić information content (AvgIpc) is 3.78. The molecule has 0 atom stereocenters. The van der Waals surface area contributed by atoms with Crippen LogP contribution in [0, 0.1) is 0 Å². The number of nitrogens with zero attached hydrogens (tertiary/aromatic N) is 1. The maximum atomic E-state index is 6.75. The first-order valence-corrected chi connectivity index (χ1v) is 17.3. The monoisotopic (exact) mass is 653 g/mol. The zero-order chi connectivity index (χ0) is 33.7. The van der Waals surface area contributed by atoms with Crippen LogP contribution in [0.15, 0.2) is 197 Å². The Labute approximate surface area is 295 Å². The standard InChI is InChI=1S/C48H31NO2/c1-3-11-32(12-4-1)34-21-26-37(27-22-34)49(38-28-23-35(24-29-38)33-13-5-2-6-14-33)44-19-10-18-42-43-31-36(25-30-46(43)51-48(42)44)39-16-9-17-41-40-15-7-8-20-45(40)50-47(39)41/h1-31H. The lowest BCUT2D eigenvalue weighted by molar-refractivity contribution is 0.668. The van der Waals surface area contributed by atoms with Gasteiger partial charge in [0.1, 0.15) is 16.7 Å². The summed E-state index contributed by atoms with van der Waals surface area (Å²) in [5.41, 5.74) is 13.4. The molecule has 0 saturated carbocycles. The van der Waals surface area contributed by atoms with Gasteiger partial charge in [-0.05, 0) is 76.3 Å². The Hall–Kier alpha value is -6.84. The van der Waals surface area contributed by atoms with Gasteiger partial charge in [-0.15, -0.1) is 0 Å². The molecule has 0 aliphatic rings. The zero-order valence-electron chi connectivity index (χ0n) is 27.7. The van der Waals surface area contributed by atoms with Gasteiger partial charge in [0.2, 0.25) is 0 Å². The summed E-state index contributed by atoms with van der Waals surface area (Å²) in [4.78, 5) is 2.30. The van der Waals surface area contributed by atoms with Crippen LogP contribution in [-0.2, 0) is 0 Å². The SMILES string of the molecule is c1ccc(-c2ccc(N(c3ccc(-c4ccccc4)cc3)c3cccc4c3oc3ccc(-c5cccc6c5oc5ccccc56)cc34)cc2)cc1. The maximum absolute atomic E-state index is 6.75. The van der Waals surface area contributed by atoms with E-state index in [1.54, 1.807) is 0 Å². The van der Waals surface area contributed by atoms with Crippen LogP contribution in [0.25, 0.3) is 77.3 Å². The molecule has 51 heavy (non-hydrogen) atoms. The molecule has 2 heterocycles. The van der Waals surface area contributed by atoms with Crippen molar-refractivity contribution in [3.63, 3.8) is 0 Å². The summed E-state index contributed by atoms with van der Waals surface area (Å²) in [6.07, 6.45) is 0. The highest BCUT2D eigenvalue weighted by atomic mass is 16.3. The van der Waals surface area contributed by atoms with Crippen LogP contribution < -0.4 is 4.90 Å². The van der Waals surface area contributed by atoms with Gasteiger partial charge in [-0.25, -0.2) is 0 Å². The molecule has 0 aliphatic carbocycles. The summed E-state index contributed by atoms with van der Waals surface area (Å²) >= 11 is 0. The Morgan fingerprint density at radius 1 is 0.314 bits per heavy atom. The minimum atomic E-state index is 0.839. The van der Waals surface area contributed by atoms with Gasteiger partial charge in [-0.2, -0.15) is 0 Å². The number of benzene rings is 8. The van der Waals surface area contributed by atoms with Crippen molar-refractivity contribution in [2.24, 2.45) is 0 Å². The first kappa shape index (κ1) is 29.1. The van der Waals surface area contributed by atoms with Crippen molar-refractivity contribution in [1.29, 1.82) is 0 Å². The first-order valence-electron chi connectivity index (χ1n) is 17.3. The third kappa shape index (κ3) is 4.98. The smallest absolute Gasteiger partial charge is 0.159 e. The van der Waals surface area contributed by atoms with Gasteiger partial charge in [0.05, 0.1) is 5.69 Å². The molecule has 240 valence electrons. The summed E-state index contributed by atoms with van der Waals surface area (Å²) in [6.45, 7) is 0. The fourth-order valence-electron chi connectivity index (χ4n) is 7.40. The molecule has 0 spiro atoms. The van der Waals surface area contributed by atoms with Crippen molar-refractivity contribution in [2.45, 2.75) is 0 Å². The van der Waals surface area contributed by atoms with Gasteiger partial charge in [0.15, 0.2) is 5.58 Å². The highest BCUT2D eigenvalue weighted by molar-refractivity contribution is 6.13. The van der Waals surface area contributed by atoms with Gasteiger partial charge in [0.25, 0.3) is 0 Å². The Bertz CT molecular complexity index is 2750. The highest BCUT2D eigenvalue weighted by Gasteiger charge is 2.21. The second-order valence-electron chi connectivity index (χ2n) is 12.9. The van der Waals surface area contributed by atoms with Gasteiger partial charge < -0.3 is 13.7 Å². The van der Waals surface area contributed by atoms with Crippen LogP contribution in [-0.4, -0.2) is 0 Å². The van der Waals surface area contributed by atoms with E-state index in [1.807, 2.05) is 12.1 Å². The highest BCUT2D eigenvalue weighted by Crippen LogP contribution is 2.44. The molecule has 3 nitrogen and oxygen atoms in total. The van der Waals surface area contributed by atoms with Crippen LogP contribution in [0.4, 0.5) is 17.1 Å². The molecule has 0 N–H and O–H groups in total. The largest absolute Gasteiger partial charge is 0.455 e. The lowest BCUT2D eigenvalue weighted by atomic mass is 10.00. The second kappa shape index (κ2) is 11.9. The molecule has 3 heteroatoms. The molecule has 0 saturated heterocycles. The second-order valence-corrected chi connectivity index (χ2v) is 12.9. The molecular weight excluding hydrogens is 623 g/mol. The van der Waals surface area contributed by atoms with Crippen molar-refractivity contribution >= 4 is 60.9 Å². The summed E-state index contributed by atoms with van der Waals surface area (Å²) in [7, 11) is 0. The molecule has 10 aromatic rings. The van der Waals surface area contributed by atoms with E-state index in [0.717, 1.165) is 72.1 Å². The minimum absolute atomic E-state index is 0.839. The molecule has 8 aromatic carbocycles. The number of fused-ring (bicyclic) bond motifs is 6. The predicted octanol–water partition coefficient (Wildman–Crippen LogP) is 14.0. The average molecular weight is 654 g/mol. The third-order valence-corrected chi connectivity index (χ3v) is 9.90. The van der Waals surface area contributed by atoms with E-state index in [0.29, 0.717) is 0 Å². The van der Waals surface area contributed by atoms with Crippen LogP contribution in [0.2, 0.25) is 0 Å². The number of rotatable bonds is 6. The van der Waals surface area contributed by atoms with Crippen molar-refractivity contribution in [1.82, 2.24) is 0 Å². The lowest BCUT2D eigenvalue weighted by Gasteiger charge is -2.26. The molecule has 0 bridgehead atoms. The lowest BCUT2D eigenvalue weighted by Crippen LogP contribution is -2.10. The van der Waals surface area contributed by atoms with Crippen molar-refractivity contribution in [3.05, 3.63) is 188 Å². The molecule has 0 aliphatic heterocycles. The number of para-hydroxylation sites is 3. The predicted molar refractivity (Wildman–Crippen MR) is 212 cm³/mol. The normalized spacial score (nSPS) is 11.5. The van der Waals surface area contributed by atoms with Gasteiger partial charge in [-0.1, -0.05) is 140 Å². The van der Waals surface area contributed by atoms with Gasteiger partial charge >= 0.3 is 0 Å². The summed E-state index contributed by atoms with van der Waals surface area (Å²) < 4.78 is 13.2. The Morgan fingerprint density at radius 2 is 0.804 bits per heavy atom. The summed E-state index contributed by atoms with van der Waals surface area (Å²) in [5, 5.41) is 4.38. The third-order valence-electron chi connectivity index (χ3n) is 9.90. The summed E-state index contributed by atoms with van der Waals surface area (Å²) in [5.74, 6) is 0. The quantitative estimate of drug-likeness (QED) is 0.179. The Kier molecular flexibility index (Phi) is 6.81.